The van der Waals surface area contributed by atoms with Gasteiger partial charge in [-0.25, -0.2) is 0 Å². The zero-order chi connectivity index (χ0) is 8.43. The molecule has 0 saturated heterocycles. The maximum atomic E-state index is 5.86. The summed E-state index contributed by atoms with van der Waals surface area (Å²) in [6.07, 6.45) is 0. The largest absolute Gasteiger partial charge is 0.324 e. The summed E-state index contributed by atoms with van der Waals surface area (Å²) in [5.41, 5.74) is 6.71. The van der Waals surface area contributed by atoms with Gasteiger partial charge in [0.15, 0.2) is 0 Å². The van der Waals surface area contributed by atoms with Gasteiger partial charge in [0.2, 0.25) is 0 Å². The monoisotopic (exact) mass is 233 g/mol. The lowest BCUT2D eigenvalue weighted by molar-refractivity contribution is 0.818. The summed E-state index contributed by atoms with van der Waals surface area (Å²) < 4.78 is 0.906. The zero-order valence-corrected chi connectivity index (χ0v) is 8.48. The van der Waals surface area contributed by atoms with E-state index in [9.17, 15) is 0 Å². The Morgan fingerprint density at radius 2 is 2.18 bits per heavy atom. The average molecular weight is 235 g/mol. The van der Waals surface area contributed by atoms with Crippen LogP contribution in [0.5, 0.6) is 0 Å². The molecule has 2 N–H and O–H groups in total. The third-order valence-corrected chi connectivity index (χ3v) is 2.70. The number of nitrogens with two attached hydrogens (primary N) is 1. The van der Waals surface area contributed by atoms with Crippen LogP contribution >= 0.6 is 27.5 Å². The highest BCUT2D eigenvalue weighted by atomic mass is 79.9. The minimum atomic E-state index is 0.0422. The van der Waals surface area contributed by atoms with Crippen molar-refractivity contribution in [1.82, 2.24) is 0 Å². The van der Waals surface area contributed by atoms with Gasteiger partial charge < -0.3 is 5.73 Å². The molecule has 0 aliphatic heterocycles. The van der Waals surface area contributed by atoms with Gasteiger partial charge in [-0.05, 0) is 40.5 Å². The molecule has 0 bridgehead atoms. The van der Waals surface area contributed by atoms with Gasteiger partial charge in [-0.15, -0.1) is 0 Å². The summed E-state index contributed by atoms with van der Waals surface area (Å²) in [5.74, 6) is 0. The van der Waals surface area contributed by atoms with E-state index >= 15 is 0 Å². The second kappa shape index (κ2) is 3.57. The van der Waals surface area contributed by atoms with Gasteiger partial charge in [0.05, 0.1) is 5.02 Å². The lowest BCUT2D eigenvalue weighted by atomic mass is 10.1. The Kier molecular flexibility index (Phi) is 2.93. The molecule has 0 aromatic heterocycles. The van der Waals surface area contributed by atoms with Crippen LogP contribution in [0.25, 0.3) is 0 Å². The summed E-state index contributed by atoms with van der Waals surface area (Å²) in [5, 5.41) is 0.708. The molecule has 1 rings (SSSR count). The van der Waals surface area contributed by atoms with Gasteiger partial charge in [0, 0.05) is 10.5 Å². The molecule has 0 spiro atoms. The number of benzene rings is 1. The zero-order valence-electron chi connectivity index (χ0n) is 6.14. The Morgan fingerprint density at radius 3 is 2.64 bits per heavy atom. The van der Waals surface area contributed by atoms with Crippen LogP contribution < -0.4 is 5.73 Å². The highest BCUT2D eigenvalue weighted by Gasteiger charge is 2.01. The van der Waals surface area contributed by atoms with E-state index in [0.29, 0.717) is 5.02 Å². The Labute approximate surface area is 79.7 Å². The lowest BCUT2D eigenvalue weighted by Crippen LogP contribution is -2.04. The molecule has 1 aromatic carbocycles. The number of halogens is 2. The van der Waals surface area contributed by atoms with Gasteiger partial charge in [-0.1, -0.05) is 17.7 Å². The van der Waals surface area contributed by atoms with Crippen molar-refractivity contribution in [2.24, 2.45) is 5.73 Å². The molecular weight excluding hydrogens is 225 g/mol. The van der Waals surface area contributed by atoms with Gasteiger partial charge in [-0.2, -0.15) is 0 Å². The smallest absolute Gasteiger partial charge is 0.0551 e. The van der Waals surface area contributed by atoms with Crippen LogP contribution in [0.1, 0.15) is 18.5 Å². The van der Waals surface area contributed by atoms with Gasteiger partial charge in [-0.3, -0.25) is 0 Å². The molecule has 0 fully saturated rings. The quantitative estimate of drug-likeness (QED) is 0.794. The summed E-state index contributed by atoms with van der Waals surface area (Å²) in [6, 6.07) is 5.78. The molecule has 0 aliphatic carbocycles. The van der Waals surface area contributed by atoms with Crippen molar-refractivity contribution < 1.29 is 0 Å². The molecule has 0 radical (unpaired) electrons. The maximum absolute atomic E-state index is 5.86. The average Bonchev–Trinajstić information content (AvgIpc) is 1.94. The molecule has 0 aliphatic rings. The SMILES string of the molecule is C[C@@H](N)c1ccc(Br)c(Cl)c1. The van der Waals surface area contributed by atoms with Crippen LogP contribution in [-0.2, 0) is 0 Å². The minimum absolute atomic E-state index is 0.0422. The molecule has 1 aromatic rings. The van der Waals surface area contributed by atoms with Crippen LogP contribution in [0.2, 0.25) is 5.02 Å². The first kappa shape index (κ1) is 9.04. The maximum Gasteiger partial charge on any atom is 0.0551 e. The first-order valence-electron chi connectivity index (χ1n) is 3.32. The van der Waals surface area contributed by atoms with E-state index in [2.05, 4.69) is 15.9 Å². The fourth-order valence-corrected chi connectivity index (χ4v) is 1.23. The summed E-state index contributed by atoms with van der Waals surface area (Å²) in [6.45, 7) is 1.93. The number of rotatable bonds is 1. The Bertz CT molecular complexity index is 260. The van der Waals surface area contributed by atoms with Crippen LogP contribution in [0.4, 0.5) is 0 Å². The van der Waals surface area contributed by atoms with E-state index in [-0.39, 0.29) is 6.04 Å². The number of hydrogen-bond donors (Lipinski definition) is 1. The molecule has 60 valence electrons. The van der Waals surface area contributed by atoms with Gasteiger partial charge >= 0.3 is 0 Å². The van der Waals surface area contributed by atoms with Crippen LogP contribution in [0, 0.1) is 0 Å². The lowest BCUT2D eigenvalue weighted by Gasteiger charge is -2.05. The predicted molar refractivity (Wildman–Crippen MR) is 51.8 cm³/mol. The van der Waals surface area contributed by atoms with Gasteiger partial charge in [0.25, 0.3) is 0 Å². The van der Waals surface area contributed by atoms with Gasteiger partial charge in [0.1, 0.15) is 0 Å². The highest BCUT2D eigenvalue weighted by molar-refractivity contribution is 9.10. The van der Waals surface area contributed by atoms with Crippen LogP contribution in [0.3, 0.4) is 0 Å². The molecular formula is C8H9BrClN. The van der Waals surface area contributed by atoms with E-state index in [1.165, 1.54) is 0 Å². The fraction of sp³-hybridized carbons (Fsp3) is 0.250. The molecule has 3 heteroatoms. The highest BCUT2D eigenvalue weighted by Crippen LogP contribution is 2.24. The van der Waals surface area contributed by atoms with Crippen LogP contribution in [0.15, 0.2) is 22.7 Å². The number of hydrogen-bond acceptors (Lipinski definition) is 1. The van der Waals surface area contributed by atoms with Crippen molar-refractivity contribution in [3.05, 3.63) is 33.3 Å². The molecule has 11 heavy (non-hydrogen) atoms. The van der Waals surface area contributed by atoms with Crippen molar-refractivity contribution in [1.29, 1.82) is 0 Å². The Hall–Kier alpha value is -0.0500. The molecule has 0 heterocycles. The summed E-state index contributed by atoms with van der Waals surface area (Å²) >= 11 is 9.16. The minimum Gasteiger partial charge on any atom is -0.324 e. The predicted octanol–water partition coefficient (Wildman–Crippen LogP) is 3.12. The molecule has 1 nitrogen and oxygen atoms in total. The van der Waals surface area contributed by atoms with E-state index in [1.807, 2.05) is 25.1 Å². The fourth-order valence-electron chi connectivity index (χ4n) is 0.796. The van der Waals surface area contributed by atoms with E-state index in [0.717, 1.165) is 10.0 Å². The van der Waals surface area contributed by atoms with E-state index < -0.39 is 0 Å². The molecule has 0 saturated carbocycles. The van der Waals surface area contributed by atoms with E-state index in [1.54, 1.807) is 0 Å². The first-order chi connectivity index (χ1) is 5.11. The Balaban J connectivity index is 3.05. The van der Waals surface area contributed by atoms with Crippen molar-refractivity contribution in [2.45, 2.75) is 13.0 Å². The van der Waals surface area contributed by atoms with Crippen molar-refractivity contribution in [2.75, 3.05) is 0 Å². The molecule has 0 amide bonds. The summed E-state index contributed by atoms with van der Waals surface area (Å²) in [7, 11) is 0. The van der Waals surface area contributed by atoms with Crippen molar-refractivity contribution in [3.63, 3.8) is 0 Å². The third kappa shape index (κ3) is 2.19. The van der Waals surface area contributed by atoms with Crippen LogP contribution in [-0.4, -0.2) is 0 Å². The second-order valence-corrected chi connectivity index (χ2v) is 3.72. The van der Waals surface area contributed by atoms with Crippen molar-refractivity contribution >= 4 is 27.5 Å². The third-order valence-electron chi connectivity index (χ3n) is 1.47. The normalized spacial score (nSPS) is 13.1. The summed E-state index contributed by atoms with van der Waals surface area (Å²) in [4.78, 5) is 0. The van der Waals surface area contributed by atoms with Crippen molar-refractivity contribution in [3.8, 4) is 0 Å². The first-order valence-corrected chi connectivity index (χ1v) is 4.49. The standard InChI is InChI=1S/C8H9BrClN/c1-5(11)6-2-3-7(9)8(10)4-6/h2-5H,11H2,1H3/t5-/m1/s1. The topological polar surface area (TPSA) is 26.0 Å². The molecule has 0 unspecified atom stereocenters. The van der Waals surface area contributed by atoms with E-state index in [4.69, 9.17) is 17.3 Å². The second-order valence-electron chi connectivity index (χ2n) is 2.46. The Morgan fingerprint density at radius 1 is 1.55 bits per heavy atom. The molecule has 1 atom stereocenters.